The molecule has 2 aliphatic rings. The van der Waals surface area contributed by atoms with Crippen LogP contribution >= 0.6 is 0 Å². The van der Waals surface area contributed by atoms with E-state index in [4.69, 9.17) is 10.5 Å². The number of hydrogen-bond acceptors (Lipinski definition) is 5. The van der Waals surface area contributed by atoms with Crippen LogP contribution in [0.5, 0.6) is 5.75 Å². The Morgan fingerprint density at radius 2 is 1.87 bits per heavy atom. The van der Waals surface area contributed by atoms with Gasteiger partial charge >= 0.3 is 6.03 Å². The summed E-state index contributed by atoms with van der Waals surface area (Å²) in [6.45, 7) is 2.79. The number of hydrogen-bond donors (Lipinski definition) is 4. The molecule has 30 heavy (non-hydrogen) atoms. The van der Waals surface area contributed by atoms with Crippen molar-refractivity contribution in [2.75, 3.05) is 24.6 Å². The summed E-state index contributed by atoms with van der Waals surface area (Å²) in [4.78, 5) is 14.2. The van der Waals surface area contributed by atoms with Crippen molar-refractivity contribution in [3.8, 4) is 5.75 Å². The molecule has 2 amide bonds. The van der Waals surface area contributed by atoms with E-state index in [0.717, 1.165) is 42.2 Å². The fraction of sp³-hybridized carbons (Fsp3) is 0.261. The second kappa shape index (κ2) is 9.47. The molecule has 0 fully saturated rings. The molecular formula is C23H27N5O2. The molecule has 2 aromatic carbocycles. The lowest BCUT2D eigenvalue weighted by Gasteiger charge is -2.29. The summed E-state index contributed by atoms with van der Waals surface area (Å²) in [6, 6.07) is 17.5. The fourth-order valence-electron chi connectivity index (χ4n) is 3.41. The van der Waals surface area contributed by atoms with Crippen molar-refractivity contribution >= 4 is 11.7 Å². The first-order chi connectivity index (χ1) is 14.7. The molecule has 0 aliphatic carbocycles. The lowest BCUT2D eigenvalue weighted by atomic mass is 10.1. The standard InChI is InChI=1S/C23H27N5O2/c24-11-4-12-25-14-17-7-9-20(10-8-17)28-15-18-13-19(26-22(18)27-23(28)29)16-30-21-5-2-1-3-6-21/h1-3,5-10,13,15,22,25-26H,4,11-12,14,16,24H2,(H,27,29). The molecule has 0 saturated heterocycles. The van der Waals surface area contributed by atoms with E-state index in [1.54, 1.807) is 4.90 Å². The van der Waals surface area contributed by atoms with Crippen molar-refractivity contribution in [3.63, 3.8) is 0 Å². The van der Waals surface area contributed by atoms with E-state index in [1.807, 2.05) is 66.9 Å². The Balaban J connectivity index is 1.39. The quantitative estimate of drug-likeness (QED) is 0.481. The largest absolute Gasteiger partial charge is 0.487 e. The predicted molar refractivity (Wildman–Crippen MR) is 118 cm³/mol. The van der Waals surface area contributed by atoms with Gasteiger partial charge in [0.15, 0.2) is 0 Å². The van der Waals surface area contributed by atoms with Gasteiger partial charge in [0, 0.05) is 18.3 Å². The molecule has 0 radical (unpaired) electrons. The van der Waals surface area contributed by atoms with E-state index in [1.165, 1.54) is 5.56 Å². The van der Waals surface area contributed by atoms with E-state index in [9.17, 15) is 4.79 Å². The first-order valence-electron chi connectivity index (χ1n) is 10.2. The highest BCUT2D eigenvalue weighted by molar-refractivity contribution is 5.96. The third kappa shape index (κ3) is 4.82. The topological polar surface area (TPSA) is 91.7 Å². The van der Waals surface area contributed by atoms with Crippen molar-refractivity contribution in [2.24, 2.45) is 5.73 Å². The van der Waals surface area contributed by atoms with E-state index in [0.29, 0.717) is 13.2 Å². The van der Waals surface area contributed by atoms with Gasteiger partial charge in [0.1, 0.15) is 18.5 Å². The van der Waals surface area contributed by atoms with Crippen LogP contribution in [0.15, 0.2) is 78.1 Å². The van der Waals surface area contributed by atoms with Crippen molar-refractivity contribution in [3.05, 3.63) is 83.7 Å². The number of anilines is 1. The van der Waals surface area contributed by atoms with Gasteiger partial charge in [0.25, 0.3) is 0 Å². The van der Waals surface area contributed by atoms with Crippen LogP contribution in [-0.2, 0) is 6.54 Å². The van der Waals surface area contributed by atoms with Crippen LogP contribution in [0.25, 0.3) is 0 Å². The highest BCUT2D eigenvalue weighted by Crippen LogP contribution is 2.25. The molecule has 2 aliphatic heterocycles. The summed E-state index contributed by atoms with van der Waals surface area (Å²) in [5.74, 6) is 0.812. The maximum absolute atomic E-state index is 12.6. The number of nitrogens with two attached hydrogens (primary N) is 1. The number of benzene rings is 2. The van der Waals surface area contributed by atoms with Crippen LogP contribution in [0, 0.1) is 0 Å². The summed E-state index contributed by atoms with van der Waals surface area (Å²) in [5.41, 5.74) is 9.42. The van der Waals surface area contributed by atoms with Crippen molar-refractivity contribution in [1.29, 1.82) is 0 Å². The first kappa shape index (κ1) is 20.0. The third-order valence-corrected chi connectivity index (χ3v) is 5.01. The zero-order valence-electron chi connectivity index (χ0n) is 16.8. The molecule has 0 saturated carbocycles. The predicted octanol–water partition coefficient (Wildman–Crippen LogP) is 2.43. The van der Waals surface area contributed by atoms with Gasteiger partial charge in [-0.25, -0.2) is 4.79 Å². The molecule has 7 heteroatoms. The number of carbonyl (C=O) groups is 1. The molecular weight excluding hydrogens is 378 g/mol. The second-order valence-electron chi connectivity index (χ2n) is 7.28. The molecule has 7 nitrogen and oxygen atoms in total. The Hall–Kier alpha value is -3.29. The van der Waals surface area contributed by atoms with Crippen molar-refractivity contribution < 1.29 is 9.53 Å². The summed E-state index contributed by atoms with van der Waals surface area (Å²) in [5, 5.41) is 9.65. The lowest BCUT2D eigenvalue weighted by molar-refractivity contribution is 0.243. The Labute approximate surface area is 176 Å². The Bertz CT molecular complexity index is 924. The summed E-state index contributed by atoms with van der Waals surface area (Å²) < 4.78 is 5.80. The maximum atomic E-state index is 12.6. The van der Waals surface area contributed by atoms with E-state index >= 15 is 0 Å². The van der Waals surface area contributed by atoms with Gasteiger partial charge in [0.2, 0.25) is 0 Å². The Morgan fingerprint density at radius 1 is 1.07 bits per heavy atom. The van der Waals surface area contributed by atoms with Crippen molar-refractivity contribution in [1.82, 2.24) is 16.0 Å². The van der Waals surface area contributed by atoms with Gasteiger partial charge in [-0.3, -0.25) is 4.90 Å². The SMILES string of the molecule is NCCCNCc1ccc(N2C=C3C=C(COc4ccccc4)NC3NC2=O)cc1. The number of para-hydroxylation sites is 1. The zero-order valence-corrected chi connectivity index (χ0v) is 16.8. The molecule has 0 aromatic heterocycles. The average Bonchev–Trinajstić information content (AvgIpc) is 3.17. The lowest BCUT2D eigenvalue weighted by Crippen LogP contribution is -2.52. The smallest absolute Gasteiger partial charge is 0.327 e. The summed E-state index contributed by atoms with van der Waals surface area (Å²) in [6.07, 6.45) is 4.63. The van der Waals surface area contributed by atoms with Crippen LogP contribution in [0.1, 0.15) is 12.0 Å². The van der Waals surface area contributed by atoms with Gasteiger partial charge in [0.05, 0.1) is 11.4 Å². The average molecular weight is 406 g/mol. The molecule has 2 aromatic rings. The highest BCUT2D eigenvalue weighted by atomic mass is 16.5. The van der Waals surface area contributed by atoms with Crippen molar-refractivity contribution in [2.45, 2.75) is 19.1 Å². The van der Waals surface area contributed by atoms with E-state index in [-0.39, 0.29) is 12.2 Å². The number of urea groups is 1. The molecule has 0 bridgehead atoms. The van der Waals surface area contributed by atoms with Crippen LogP contribution in [0.2, 0.25) is 0 Å². The van der Waals surface area contributed by atoms with E-state index < -0.39 is 0 Å². The molecule has 0 spiro atoms. The van der Waals surface area contributed by atoms with Gasteiger partial charge < -0.3 is 26.4 Å². The molecule has 156 valence electrons. The summed E-state index contributed by atoms with van der Waals surface area (Å²) >= 11 is 0. The number of carbonyl (C=O) groups excluding carboxylic acids is 1. The minimum atomic E-state index is -0.228. The Morgan fingerprint density at radius 3 is 2.63 bits per heavy atom. The normalized spacial score (nSPS) is 17.6. The van der Waals surface area contributed by atoms with E-state index in [2.05, 4.69) is 16.0 Å². The molecule has 4 rings (SSSR count). The number of ether oxygens (including phenoxy) is 1. The molecule has 5 N–H and O–H groups in total. The van der Waals surface area contributed by atoms with Gasteiger partial charge in [-0.05, 0) is 55.4 Å². The molecule has 1 unspecified atom stereocenters. The van der Waals surface area contributed by atoms with Gasteiger partial charge in [-0.2, -0.15) is 0 Å². The first-order valence-corrected chi connectivity index (χ1v) is 10.2. The Kier molecular flexibility index (Phi) is 6.32. The highest BCUT2D eigenvalue weighted by Gasteiger charge is 2.30. The minimum absolute atomic E-state index is 0.163. The molecule has 2 heterocycles. The number of amides is 2. The number of fused-ring (bicyclic) bond motifs is 1. The zero-order chi connectivity index (χ0) is 20.8. The van der Waals surface area contributed by atoms with Gasteiger partial charge in [-0.1, -0.05) is 30.3 Å². The third-order valence-electron chi connectivity index (χ3n) is 5.01. The van der Waals surface area contributed by atoms with Crippen LogP contribution in [0.4, 0.5) is 10.5 Å². The van der Waals surface area contributed by atoms with Crippen LogP contribution < -0.4 is 31.3 Å². The number of nitrogens with one attached hydrogen (secondary N) is 3. The van der Waals surface area contributed by atoms with Gasteiger partial charge in [-0.15, -0.1) is 0 Å². The monoisotopic (exact) mass is 405 g/mol. The minimum Gasteiger partial charge on any atom is -0.487 e. The van der Waals surface area contributed by atoms with Crippen LogP contribution in [0.3, 0.4) is 0 Å². The van der Waals surface area contributed by atoms with Crippen LogP contribution in [-0.4, -0.2) is 31.9 Å². The second-order valence-corrected chi connectivity index (χ2v) is 7.28. The summed E-state index contributed by atoms with van der Waals surface area (Å²) in [7, 11) is 0. The number of rotatable bonds is 9. The maximum Gasteiger partial charge on any atom is 0.327 e. The number of nitrogens with zero attached hydrogens (tertiary/aromatic N) is 1. The molecule has 1 atom stereocenters. The fourth-order valence-corrected chi connectivity index (χ4v) is 3.41.